The van der Waals surface area contributed by atoms with Gasteiger partial charge in [0.2, 0.25) is 0 Å². The maximum atomic E-state index is 11.5. The van der Waals surface area contributed by atoms with Crippen LogP contribution in [0.2, 0.25) is 0 Å². The number of benzene rings is 1. The van der Waals surface area contributed by atoms with Gasteiger partial charge in [-0.15, -0.1) is 0 Å². The minimum atomic E-state index is -0.215. The molecule has 1 N–H and O–H groups in total. The van der Waals surface area contributed by atoms with Crippen LogP contribution in [0.5, 0.6) is 0 Å². The first-order chi connectivity index (χ1) is 7.13. The Morgan fingerprint density at radius 3 is 2.93 bits per heavy atom. The predicted molar refractivity (Wildman–Crippen MR) is 61.6 cm³/mol. The Morgan fingerprint density at radius 2 is 2.33 bits per heavy atom. The number of hydrogen-bond donors (Lipinski definition) is 1. The molecule has 15 heavy (non-hydrogen) atoms. The number of halogens is 1. The Hall–Kier alpha value is -1.60. The van der Waals surface area contributed by atoms with Crippen molar-refractivity contribution >= 4 is 21.8 Å². The van der Waals surface area contributed by atoms with E-state index < -0.39 is 0 Å². The van der Waals surface area contributed by atoms with Crippen molar-refractivity contribution in [2.75, 3.05) is 6.54 Å². The van der Waals surface area contributed by atoms with Crippen LogP contribution in [0.15, 0.2) is 35.3 Å². The molecule has 0 saturated carbocycles. The lowest BCUT2D eigenvalue weighted by Crippen LogP contribution is -2.24. The highest BCUT2D eigenvalue weighted by Crippen LogP contribution is 2.04. The van der Waals surface area contributed by atoms with Crippen LogP contribution in [0.3, 0.4) is 0 Å². The van der Waals surface area contributed by atoms with Gasteiger partial charge in [0, 0.05) is 16.6 Å². The summed E-state index contributed by atoms with van der Waals surface area (Å²) in [5.74, 6) is -0.215. The lowest BCUT2D eigenvalue weighted by molar-refractivity contribution is 0.0958. The van der Waals surface area contributed by atoms with Gasteiger partial charge in [-0.3, -0.25) is 4.79 Å². The third-order valence-electron chi connectivity index (χ3n) is 1.69. The zero-order valence-corrected chi connectivity index (χ0v) is 9.54. The molecule has 0 bridgehead atoms. The molecule has 1 aromatic carbocycles. The van der Waals surface area contributed by atoms with Crippen molar-refractivity contribution in [3.05, 3.63) is 46.5 Å². The fourth-order valence-corrected chi connectivity index (χ4v) is 1.15. The molecule has 1 rings (SSSR count). The van der Waals surface area contributed by atoms with E-state index in [1.54, 1.807) is 24.3 Å². The van der Waals surface area contributed by atoms with E-state index >= 15 is 0 Å². The number of nitrogens with zero attached hydrogens (tertiary/aromatic N) is 1. The summed E-state index contributed by atoms with van der Waals surface area (Å²) in [6, 6.07) is 8.52. The van der Waals surface area contributed by atoms with Crippen molar-refractivity contribution in [2.45, 2.75) is 0 Å². The van der Waals surface area contributed by atoms with Crippen LogP contribution < -0.4 is 5.32 Å². The van der Waals surface area contributed by atoms with Gasteiger partial charge in [-0.1, -0.05) is 28.6 Å². The van der Waals surface area contributed by atoms with Gasteiger partial charge < -0.3 is 5.32 Å². The van der Waals surface area contributed by atoms with Crippen molar-refractivity contribution in [1.29, 1.82) is 5.26 Å². The Labute approximate surface area is 96.5 Å². The average molecular weight is 265 g/mol. The first-order valence-electron chi connectivity index (χ1n) is 4.25. The van der Waals surface area contributed by atoms with Crippen molar-refractivity contribution in [3.63, 3.8) is 0 Å². The quantitative estimate of drug-likeness (QED) is 0.910. The van der Waals surface area contributed by atoms with Crippen LogP contribution in [-0.4, -0.2) is 12.5 Å². The molecule has 0 atom stereocenters. The molecule has 3 nitrogen and oxygen atoms in total. The Kier molecular flexibility index (Phi) is 4.07. The third-order valence-corrected chi connectivity index (χ3v) is 1.97. The standard InChI is InChI=1S/C11H9BrN2O/c1-8(12)7-14-11(15)10-4-2-3-9(5-10)6-13/h2-5H,1,7H2,(H,14,15). The second-order valence-corrected chi connectivity index (χ2v) is 4.01. The van der Waals surface area contributed by atoms with Crippen molar-refractivity contribution < 1.29 is 4.79 Å². The molecule has 0 spiro atoms. The van der Waals surface area contributed by atoms with E-state index in [1.165, 1.54) is 0 Å². The summed E-state index contributed by atoms with van der Waals surface area (Å²) >= 11 is 3.14. The fraction of sp³-hybridized carbons (Fsp3) is 0.0909. The van der Waals surface area contributed by atoms with Gasteiger partial charge in [0.25, 0.3) is 5.91 Å². The highest BCUT2D eigenvalue weighted by molar-refractivity contribution is 9.11. The first-order valence-corrected chi connectivity index (χ1v) is 5.04. The molecule has 1 aromatic rings. The number of carbonyl (C=O) groups is 1. The highest BCUT2D eigenvalue weighted by atomic mass is 79.9. The third kappa shape index (κ3) is 3.56. The van der Waals surface area contributed by atoms with Crippen LogP contribution in [0.4, 0.5) is 0 Å². The molecule has 4 heteroatoms. The monoisotopic (exact) mass is 264 g/mol. The van der Waals surface area contributed by atoms with Crippen LogP contribution >= 0.6 is 15.9 Å². The molecule has 1 amide bonds. The number of nitriles is 1. The molecule has 76 valence electrons. The smallest absolute Gasteiger partial charge is 0.251 e. The van der Waals surface area contributed by atoms with Crippen LogP contribution in [-0.2, 0) is 0 Å². The summed E-state index contributed by atoms with van der Waals surface area (Å²) in [7, 11) is 0. The van der Waals surface area contributed by atoms with E-state index in [4.69, 9.17) is 5.26 Å². The van der Waals surface area contributed by atoms with E-state index in [0.29, 0.717) is 22.2 Å². The van der Waals surface area contributed by atoms with E-state index in [1.807, 2.05) is 6.07 Å². The number of amides is 1. The SMILES string of the molecule is C=C(Br)CNC(=O)c1cccc(C#N)c1. The lowest BCUT2D eigenvalue weighted by Gasteiger charge is -2.03. The molecule has 0 radical (unpaired) electrons. The van der Waals surface area contributed by atoms with E-state index in [-0.39, 0.29) is 5.91 Å². The van der Waals surface area contributed by atoms with E-state index in [2.05, 4.69) is 27.8 Å². The second-order valence-electron chi connectivity index (χ2n) is 2.89. The molecule has 0 saturated heterocycles. The summed E-state index contributed by atoms with van der Waals surface area (Å²) in [4.78, 5) is 11.5. The Morgan fingerprint density at radius 1 is 1.60 bits per heavy atom. The van der Waals surface area contributed by atoms with Crippen LogP contribution in [0.25, 0.3) is 0 Å². The topological polar surface area (TPSA) is 52.9 Å². The Balaban J connectivity index is 2.74. The van der Waals surface area contributed by atoms with Gasteiger partial charge in [0.05, 0.1) is 11.6 Å². The summed E-state index contributed by atoms with van der Waals surface area (Å²) in [5, 5.41) is 11.3. The van der Waals surface area contributed by atoms with Gasteiger partial charge >= 0.3 is 0 Å². The number of hydrogen-bond acceptors (Lipinski definition) is 2. The maximum absolute atomic E-state index is 11.5. The van der Waals surface area contributed by atoms with Crippen LogP contribution in [0, 0.1) is 11.3 Å². The highest BCUT2D eigenvalue weighted by Gasteiger charge is 2.05. The van der Waals surface area contributed by atoms with Crippen molar-refractivity contribution in [3.8, 4) is 6.07 Å². The molecule has 0 aromatic heterocycles. The predicted octanol–water partition coefficient (Wildman–Crippen LogP) is 2.20. The maximum Gasteiger partial charge on any atom is 0.251 e. The summed E-state index contributed by atoms with van der Waals surface area (Å²) in [6.07, 6.45) is 0. The molecule has 0 heterocycles. The zero-order chi connectivity index (χ0) is 11.3. The molecular weight excluding hydrogens is 256 g/mol. The largest absolute Gasteiger partial charge is 0.347 e. The molecule has 0 unspecified atom stereocenters. The van der Waals surface area contributed by atoms with Gasteiger partial charge in [-0.25, -0.2) is 0 Å². The molecule has 0 aliphatic carbocycles. The minimum Gasteiger partial charge on any atom is -0.347 e. The Bertz CT molecular complexity index is 434. The molecule has 0 aliphatic heterocycles. The van der Waals surface area contributed by atoms with Gasteiger partial charge in [0.1, 0.15) is 0 Å². The van der Waals surface area contributed by atoms with Gasteiger partial charge in [-0.05, 0) is 18.2 Å². The normalized spacial score (nSPS) is 9.07. The molecule has 0 aliphatic rings. The van der Waals surface area contributed by atoms with Gasteiger partial charge in [-0.2, -0.15) is 5.26 Å². The van der Waals surface area contributed by atoms with Gasteiger partial charge in [0.15, 0.2) is 0 Å². The number of nitrogens with one attached hydrogen (secondary N) is 1. The molecular formula is C11H9BrN2O. The lowest BCUT2D eigenvalue weighted by atomic mass is 10.1. The van der Waals surface area contributed by atoms with Crippen molar-refractivity contribution in [1.82, 2.24) is 5.32 Å². The van der Waals surface area contributed by atoms with Crippen LogP contribution in [0.1, 0.15) is 15.9 Å². The zero-order valence-electron chi connectivity index (χ0n) is 7.96. The fourth-order valence-electron chi connectivity index (χ4n) is 1.01. The average Bonchev–Trinajstić information content (AvgIpc) is 2.26. The second kappa shape index (κ2) is 5.32. The summed E-state index contributed by atoms with van der Waals surface area (Å²) < 4.78 is 0.701. The number of carbonyl (C=O) groups excluding carboxylic acids is 1. The van der Waals surface area contributed by atoms with E-state index in [0.717, 1.165) is 0 Å². The van der Waals surface area contributed by atoms with E-state index in [9.17, 15) is 4.79 Å². The molecule has 0 fully saturated rings. The minimum absolute atomic E-state index is 0.215. The van der Waals surface area contributed by atoms with Crippen molar-refractivity contribution in [2.24, 2.45) is 0 Å². The first kappa shape index (κ1) is 11.5. The summed E-state index contributed by atoms with van der Waals surface area (Å²) in [5.41, 5.74) is 0.947. The summed E-state index contributed by atoms with van der Waals surface area (Å²) in [6.45, 7) is 3.97. The number of rotatable bonds is 3.